The van der Waals surface area contributed by atoms with Crippen LogP contribution in [0.15, 0.2) is 0 Å². The molecule has 3 nitrogen and oxygen atoms in total. The first-order valence-corrected chi connectivity index (χ1v) is 4.05. The van der Waals surface area contributed by atoms with Crippen molar-refractivity contribution in [3.63, 3.8) is 0 Å². The number of aliphatic hydroxyl groups excluding tert-OH is 1. The van der Waals surface area contributed by atoms with E-state index in [0.717, 1.165) is 19.3 Å². The molecule has 0 aliphatic carbocycles. The number of unbranched alkanes of at least 4 members (excludes halogenated alkanes) is 2. The lowest BCUT2D eigenvalue weighted by atomic mass is 10.2. The molecule has 0 fully saturated rings. The summed E-state index contributed by atoms with van der Waals surface area (Å²) >= 11 is 0. The Labute approximate surface area is 72.4 Å². The van der Waals surface area contributed by atoms with E-state index in [0.29, 0.717) is 0 Å². The van der Waals surface area contributed by atoms with E-state index in [1.54, 1.807) is 0 Å². The summed E-state index contributed by atoms with van der Waals surface area (Å²) in [6.07, 6.45) is 1.58. The molecule has 0 bridgehead atoms. The van der Waals surface area contributed by atoms with Gasteiger partial charge in [0.05, 0.1) is 0 Å². The predicted molar refractivity (Wildman–Crippen MR) is 45.6 cm³/mol. The number of carboxylic acids is 1. The van der Waals surface area contributed by atoms with Gasteiger partial charge in [-0.1, -0.05) is 19.3 Å². The molecule has 1 atom stereocenters. The van der Waals surface area contributed by atoms with E-state index in [4.69, 9.17) is 10.2 Å². The van der Waals surface area contributed by atoms with Gasteiger partial charge in [0.15, 0.2) is 6.10 Å². The van der Waals surface area contributed by atoms with Crippen molar-refractivity contribution < 1.29 is 15.0 Å². The summed E-state index contributed by atoms with van der Waals surface area (Å²) in [6.45, 7) is 2.06. The second-order valence-electron chi connectivity index (χ2n) is 2.52. The second kappa shape index (κ2) is 6.68. The fourth-order valence-corrected chi connectivity index (χ4v) is 0.610. The average molecular weight is 170 g/mol. The van der Waals surface area contributed by atoms with Gasteiger partial charge in [-0.15, -0.1) is 5.92 Å². The molecule has 12 heavy (non-hydrogen) atoms. The Kier molecular flexibility index (Phi) is 6.12. The van der Waals surface area contributed by atoms with Crippen molar-refractivity contribution in [2.45, 2.75) is 38.7 Å². The summed E-state index contributed by atoms with van der Waals surface area (Å²) in [7, 11) is 0. The number of hydrogen-bond acceptors (Lipinski definition) is 2. The smallest absolute Gasteiger partial charge is 0.333 e. The first kappa shape index (κ1) is 11.0. The highest BCUT2D eigenvalue weighted by Crippen LogP contribution is 1.93. The third-order valence-electron chi connectivity index (χ3n) is 1.36. The maximum atomic E-state index is 10.1. The normalized spacial score (nSPS) is 11.5. The third-order valence-corrected chi connectivity index (χ3v) is 1.36. The molecule has 68 valence electrons. The lowest BCUT2D eigenvalue weighted by Crippen LogP contribution is -2.18. The van der Waals surface area contributed by atoms with Gasteiger partial charge in [-0.25, -0.2) is 4.79 Å². The van der Waals surface area contributed by atoms with E-state index in [1.807, 2.05) is 0 Å². The summed E-state index contributed by atoms with van der Waals surface area (Å²) < 4.78 is 0. The van der Waals surface area contributed by atoms with Gasteiger partial charge in [0.2, 0.25) is 0 Å². The van der Waals surface area contributed by atoms with Crippen LogP contribution in [0.4, 0.5) is 0 Å². The first-order valence-electron chi connectivity index (χ1n) is 4.05. The van der Waals surface area contributed by atoms with E-state index in [1.165, 1.54) is 0 Å². The average Bonchev–Trinajstić information content (AvgIpc) is 2.03. The zero-order chi connectivity index (χ0) is 9.40. The van der Waals surface area contributed by atoms with Crippen molar-refractivity contribution in [2.24, 2.45) is 0 Å². The monoisotopic (exact) mass is 170 g/mol. The minimum absolute atomic E-state index is 0.0268. The molecule has 0 aromatic rings. The fraction of sp³-hybridized carbons (Fsp3) is 0.667. The predicted octanol–water partition coefficient (Wildman–Crippen LogP) is 1.02. The summed E-state index contributed by atoms with van der Waals surface area (Å²) in [4.78, 5) is 10.1. The lowest BCUT2D eigenvalue weighted by Gasteiger charge is -1.96. The van der Waals surface area contributed by atoms with E-state index >= 15 is 0 Å². The minimum Gasteiger partial charge on any atom is -0.479 e. The molecule has 0 aliphatic rings. The van der Waals surface area contributed by atoms with E-state index in [-0.39, 0.29) is 6.42 Å². The topological polar surface area (TPSA) is 57.5 Å². The molecule has 0 rings (SSSR count). The van der Waals surface area contributed by atoms with Crippen molar-refractivity contribution in [1.29, 1.82) is 0 Å². The van der Waals surface area contributed by atoms with Crippen LogP contribution < -0.4 is 0 Å². The zero-order valence-corrected chi connectivity index (χ0v) is 7.21. The van der Waals surface area contributed by atoms with Gasteiger partial charge < -0.3 is 10.2 Å². The van der Waals surface area contributed by atoms with Gasteiger partial charge >= 0.3 is 5.97 Å². The Balaban J connectivity index is 3.49. The Bertz CT molecular complexity index is 188. The van der Waals surface area contributed by atoms with Gasteiger partial charge in [0.1, 0.15) is 0 Å². The van der Waals surface area contributed by atoms with Gasteiger partial charge in [0, 0.05) is 12.8 Å². The zero-order valence-electron chi connectivity index (χ0n) is 7.21. The number of rotatable bonds is 4. The highest BCUT2D eigenvalue weighted by Gasteiger charge is 2.09. The molecule has 0 saturated heterocycles. The van der Waals surface area contributed by atoms with Crippen molar-refractivity contribution >= 4 is 5.97 Å². The standard InChI is InChI=1S/C9H14O3/c1-2-3-4-5-6-7-8(10)9(11)12/h8,10H,2-4,7H2,1H3,(H,11,12)/t8-/m0/s1. The molecule has 3 heteroatoms. The molecule has 0 spiro atoms. The summed E-state index contributed by atoms with van der Waals surface area (Å²) in [5, 5.41) is 17.0. The van der Waals surface area contributed by atoms with Crippen molar-refractivity contribution in [3.8, 4) is 11.8 Å². The van der Waals surface area contributed by atoms with Crippen molar-refractivity contribution in [3.05, 3.63) is 0 Å². The van der Waals surface area contributed by atoms with Crippen molar-refractivity contribution in [2.75, 3.05) is 0 Å². The molecule has 0 aromatic carbocycles. The van der Waals surface area contributed by atoms with E-state index < -0.39 is 12.1 Å². The van der Waals surface area contributed by atoms with Gasteiger partial charge in [-0.05, 0) is 6.42 Å². The third kappa shape index (κ3) is 5.75. The highest BCUT2D eigenvalue weighted by molar-refractivity contribution is 5.72. The Morgan fingerprint density at radius 1 is 1.50 bits per heavy atom. The molecule has 0 unspecified atom stereocenters. The summed E-state index contributed by atoms with van der Waals surface area (Å²) in [5.74, 6) is 4.21. The maximum Gasteiger partial charge on any atom is 0.333 e. The fourth-order valence-electron chi connectivity index (χ4n) is 0.610. The largest absolute Gasteiger partial charge is 0.479 e. The number of carbonyl (C=O) groups is 1. The minimum atomic E-state index is -1.33. The number of carboxylic acid groups (broad SMARTS) is 1. The van der Waals surface area contributed by atoms with Crippen LogP contribution in [0.2, 0.25) is 0 Å². The van der Waals surface area contributed by atoms with Crippen LogP contribution in [-0.4, -0.2) is 22.3 Å². The molecular weight excluding hydrogens is 156 g/mol. The van der Waals surface area contributed by atoms with E-state index in [9.17, 15) is 4.79 Å². The number of aliphatic hydroxyl groups is 1. The van der Waals surface area contributed by atoms with Crippen LogP contribution in [0, 0.1) is 11.8 Å². The summed E-state index contributed by atoms with van der Waals surface area (Å²) in [5.41, 5.74) is 0. The van der Waals surface area contributed by atoms with Gasteiger partial charge in [0.25, 0.3) is 0 Å². The Morgan fingerprint density at radius 2 is 2.17 bits per heavy atom. The lowest BCUT2D eigenvalue weighted by molar-refractivity contribution is -0.146. The van der Waals surface area contributed by atoms with Gasteiger partial charge in [-0.2, -0.15) is 0 Å². The molecule has 0 saturated carbocycles. The molecule has 0 aromatic heterocycles. The molecule has 0 radical (unpaired) electrons. The van der Waals surface area contributed by atoms with Crippen LogP contribution in [0.3, 0.4) is 0 Å². The van der Waals surface area contributed by atoms with Gasteiger partial charge in [-0.3, -0.25) is 0 Å². The van der Waals surface area contributed by atoms with Crippen molar-refractivity contribution in [1.82, 2.24) is 0 Å². The molecule has 2 N–H and O–H groups in total. The van der Waals surface area contributed by atoms with Crippen LogP contribution in [0.1, 0.15) is 32.6 Å². The Hall–Kier alpha value is -1.01. The number of hydrogen-bond donors (Lipinski definition) is 2. The van der Waals surface area contributed by atoms with Crippen LogP contribution in [0.5, 0.6) is 0 Å². The van der Waals surface area contributed by atoms with Crippen LogP contribution >= 0.6 is 0 Å². The maximum absolute atomic E-state index is 10.1. The molecular formula is C9H14O3. The van der Waals surface area contributed by atoms with Crippen LogP contribution in [0.25, 0.3) is 0 Å². The molecule has 0 amide bonds. The highest BCUT2D eigenvalue weighted by atomic mass is 16.4. The molecule has 0 aliphatic heterocycles. The first-order chi connectivity index (χ1) is 5.68. The molecule has 0 heterocycles. The SMILES string of the molecule is CCCCC#CC[C@H](O)C(=O)O. The summed E-state index contributed by atoms with van der Waals surface area (Å²) in [6, 6.07) is 0. The quantitative estimate of drug-likeness (QED) is 0.489. The second-order valence-corrected chi connectivity index (χ2v) is 2.52. The van der Waals surface area contributed by atoms with Crippen LogP contribution in [-0.2, 0) is 4.79 Å². The van der Waals surface area contributed by atoms with E-state index in [2.05, 4.69) is 18.8 Å². The Morgan fingerprint density at radius 3 is 2.67 bits per heavy atom. The number of aliphatic carboxylic acids is 1.